The summed E-state index contributed by atoms with van der Waals surface area (Å²) in [6, 6.07) is 20.2. The Labute approximate surface area is 174 Å². The SMILES string of the molecule is Cc1cn(-c2ccccc2)c(C)c1/C=C1/SC(=S)N(Cc2ccccc2)C1=O. The van der Waals surface area contributed by atoms with Crippen molar-refractivity contribution in [3.8, 4) is 5.69 Å². The number of rotatable bonds is 4. The largest absolute Gasteiger partial charge is 0.320 e. The Morgan fingerprint density at radius 3 is 2.32 bits per heavy atom. The lowest BCUT2D eigenvalue weighted by Crippen LogP contribution is -2.27. The third kappa shape index (κ3) is 3.55. The summed E-state index contributed by atoms with van der Waals surface area (Å²) in [7, 11) is 0. The van der Waals surface area contributed by atoms with Gasteiger partial charge in [-0.25, -0.2) is 0 Å². The smallest absolute Gasteiger partial charge is 0.266 e. The van der Waals surface area contributed by atoms with E-state index in [0.717, 1.165) is 28.1 Å². The fraction of sp³-hybridized carbons (Fsp3) is 0.130. The number of benzene rings is 2. The van der Waals surface area contributed by atoms with Gasteiger partial charge in [-0.05, 0) is 48.7 Å². The number of nitrogens with zero attached hydrogens (tertiary/aromatic N) is 2. The molecule has 1 fully saturated rings. The second-order valence-corrected chi connectivity index (χ2v) is 8.45. The molecular weight excluding hydrogens is 384 g/mol. The van der Waals surface area contributed by atoms with Gasteiger partial charge in [-0.2, -0.15) is 0 Å². The molecule has 0 N–H and O–H groups in total. The van der Waals surface area contributed by atoms with Crippen LogP contribution in [0.5, 0.6) is 0 Å². The fourth-order valence-corrected chi connectivity index (χ4v) is 4.62. The lowest BCUT2D eigenvalue weighted by atomic mass is 10.1. The van der Waals surface area contributed by atoms with E-state index >= 15 is 0 Å². The van der Waals surface area contributed by atoms with Crippen LogP contribution in [0.15, 0.2) is 71.8 Å². The maximum Gasteiger partial charge on any atom is 0.266 e. The number of amides is 1. The summed E-state index contributed by atoms with van der Waals surface area (Å²) >= 11 is 6.86. The third-order valence-corrected chi connectivity index (χ3v) is 6.24. The standard InChI is InChI=1S/C23H20N2OS2/c1-16-14-24(19-11-7-4-8-12-19)17(2)20(16)13-21-22(26)25(23(27)28-21)15-18-9-5-3-6-10-18/h3-14H,15H2,1-2H3/b21-13+. The van der Waals surface area contributed by atoms with Crippen LogP contribution in [-0.2, 0) is 11.3 Å². The maximum atomic E-state index is 13.0. The number of aryl methyl sites for hydroxylation is 1. The summed E-state index contributed by atoms with van der Waals surface area (Å²) in [5.74, 6) is -0.0230. The van der Waals surface area contributed by atoms with Gasteiger partial charge in [0.05, 0.1) is 11.4 Å². The van der Waals surface area contributed by atoms with Crippen LogP contribution in [0.25, 0.3) is 11.8 Å². The number of carbonyl (C=O) groups is 1. The van der Waals surface area contributed by atoms with Gasteiger partial charge in [0, 0.05) is 17.6 Å². The van der Waals surface area contributed by atoms with Crippen LogP contribution in [0.4, 0.5) is 0 Å². The van der Waals surface area contributed by atoms with Crippen LogP contribution >= 0.6 is 24.0 Å². The zero-order chi connectivity index (χ0) is 19.7. The zero-order valence-electron chi connectivity index (χ0n) is 15.8. The maximum absolute atomic E-state index is 13.0. The average molecular weight is 405 g/mol. The predicted octanol–water partition coefficient (Wildman–Crippen LogP) is 5.50. The van der Waals surface area contributed by atoms with Gasteiger partial charge < -0.3 is 4.57 Å². The minimum Gasteiger partial charge on any atom is -0.320 e. The Hall–Kier alpha value is -2.63. The van der Waals surface area contributed by atoms with Gasteiger partial charge in [0.2, 0.25) is 0 Å². The monoisotopic (exact) mass is 404 g/mol. The molecule has 0 aliphatic carbocycles. The highest BCUT2D eigenvalue weighted by atomic mass is 32.2. The van der Waals surface area contributed by atoms with Crippen molar-refractivity contribution in [2.45, 2.75) is 20.4 Å². The van der Waals surface area contributed by atoms with Crippen LogP contribution in [0.3, 0.4) is 0 Å². The Morgan fingerprint density at radius 1 is 1.00 bits per heavy atom. The first kappa shape index (κ1) is 18.7. The van der Waals surface area contributed by atoms with Crippen molar-refractivity contribution >= 4 is 40.3 Å². The molecule has 28 heavy (non-hydrogen) atoms. The molecule has 0 atom stereocenters. The van der Waals surface area contributed by atoms with Gasteiger partial charge in [0.25, 0.3) is 5.91 Å². The lowest BCUT2D eigenvalue weighted by Gasteiger charge is -2.14. The molecule has 1 aliphatic rings. The lowest BCUT2D eigenvalue weighted by molar-refractivity contribution is -0.122. The van der Waals surface area contributed by atoms with E-state index in [0.29, 0.717) is 15.8 Å². The van der Waals surface area contributed by atoms with E-state index in [2.05, 4.69) is 36.7 Å². The van der Waals surface area contributed by atoms with Crippen LogP contribution < -0.4 is 0 Å². The Morgan fingerprint density at radius 2 is 1.64 bits per heavy atom. The number of thiocarbonyl (C=S) groups is 1. The fourth-order valence-electron chi connectivity index (χ4n) is 3.38. The van der Waals surface area contributed by atoms with E-state index in [4.69, 9.17) is 12.2 Å². The van der Waals surface area contributed by atoms with Crippen molar-refractivity contribution in [2.75, 3.05) is 0 Å². The van der Waals surface area contributed by atoms with Crippen LogP contribution in [0.2, 0.25) is 0 Å². The second-order valence-electron chi connectivity index (χ2n) is 6.77. The minimum absolute atomic E-state index is 0.0230. The molecule has 0 spiro atoms. The number of para-hydroxylation sites is 1. The average Bonchev–Trinajstić information content (AvgIpc) is 3.14. The number of hydrogen-bond acceptors (Lipinski definition) is 3. The third-order valence-electron chi connectivity index (χ3n) is 4.87. The molecule has 5 heteroatoms. The van der Waals surface area contributed by atoms with Crippen LogP contribution in [-0.4, -0.2) is 19.7 Å². The van der Waals surface area contributed by atoms with E-state index in [-0.39, 0.29) is 5.91 Å². The molecule has 0 bridgehead atoms. The molecule has 0 unspecified atom stereocenters. The van der Waals surface area contributed by atoms with Crippen LogP contribution in [0.1, 0.15) is 22.4 Å². The van der Waals surface area contributed by atoms with Gasteiger partial charge in [-0.1, -0.05) is 72.5 Å². The summed E-state index contributed by atoms with van der Waals surface area (Å²) in [5, 5.41) is 0. The van der Waals surface area contributed by atoms with Crippen molar-refractivity contribution in [1.82, 2.24) is 9.47 Å². The molecule has 1 aromatic heterocycles. The summed E-state index contributed by atoms with van der Waals surface area (Å²) < 4.78 is 2.77. The molecule has 3 aromatic rings. The van der Waals surface area contributed by atoms with E-state index in [9.17, 15) is 4.79 Å². The Bertz CT molecular complexity index is 1070. The predicted molar refractivity (Wildman–Crippen MR) is 120 cm³/mol. The zero-order valence-corrected chi connectivity index (χ0v) is 17.4. The summed E-state index contributed by atoms with van der Waals surface area (Å²) in [6.45, 7) is 4.66. The normalized spacial score (nSPS) is 15.6. The highest BCUT2D eigenvalue weighted by Gasteiger charge is 2.32. The van der Waals surface area contributed by atoms with E-state index < -0.39 is 0 Å². The van der Waals surface area contributed by atoms with Crippen molar-refractivity contribution in [3.05, 3.63) is 94.1 Å². The molecule has 4 rings (SSSR count). The first-order chi connectivity index (χ1) is 13.5. The van der Waals surface area contributed by atoms with E-state index in [1.54, 1.807) is 4.90 Å². The Kier molecular flexibility index (Phi) is 5.20. The van der Waals surface area contributed by atoms with Gasteiger partial charge in [-0.15, -0.1) is 0 Å². The van der Waals surface area contributed by atoms with Crippen molar-refractivity contribution in [3.63, 3.8) is 0 Å². The Balaban J connectivity index is 1.64. The molecule has 0 saturated carbocycles. The highest BCUT2D eigenvalue weighted by Crippen LogP contribution is 2.35. The number of aromatic nitrogens is 1. The summed E-state index contributed by atoms with van der Waals surface area (Å²) in [5.41, 5.74) is 5.50. The number of carbonyl (C=O) groups excluding carboxylic acids is 1. The highest BCUT2D eigenvalue weighted by molar-refractivity contribution is 8.26. The number of hydrogen-bond donors (Lipinski definition) is 0. The molecule has 1 amide bonds. The molecular formula is C23H20N2OS2. The van der Waals surface area contributed by atoms with Crippen molar-refractivity contribution in [2.24, 2.45) is 0 Å². The van der Waals surface area contributed by atoms with Crippen molar-refractivity contribution in [1.29, 1.82) is 0 Å². The topological polar surface area (TPSA) is 25.2 Å². The molecule has 1 saturated heterocycles. The molecule has 2 aromatic carbocycles. The van der Waals surface area contributed by atoms with E-state index in [1.807, 2.05) is 54.6 Å². The van der Waals surface area contributed by atoms with E-state index in [1.165, 1.54) is 11.8 Å². The molecule has 140 valence electrons. The molecule has 1 aliphatic heterocycles. The first-order valence-electron chi connectivity index (χ1n) is 9.08. The second kappa shape index (κ2) is 7.78. The van der Waals surface area contributed by atoms with Crippen molar-refractivity contribution < 1.29 is 4.79 Å². The first-order valence-corrected chi connectivity index (χ1v) is 10.3. The summed E-state index contributed by atoms with van der Waals surface area (Å²) in [6.07, 6.45) is 4.09. The number of thioether (sulfide) groups is 1. The molecule has 2 heterocycles. The minimum atomic E-state index is -0.0230. The quantitative estimate of drug-likeness (QED) is 0.424. The molecule has 3 nitrogen and oxygen atoms in total. The van der Waals surface area contributed by atoms with Gasteiger partial charge in [-0.3, -0.25) is 9.69 Å². The summed E-state index contributed by atoms with van der Waals surface area (Å²) in [4.78, 5) is 15.3. The van der Waals surface area contributed by atoms with Crippen LogP contribution in [0, 0.1) is 13.8 Å². The molecule has 0 radical (unpaired) electrons. The van der Waals surface area contributed by atoms with Gasteiger partial charge in [0.1, 0.15) is 4.32 Å². The van der Waals surface area contributed by atoms with Gasteiger partial charge >= 0.3 is 0 Å². The van der Waals surface area contributed by atoms with Gasteiger partial charge in [0.15, 0.2) is 0 Å².